The highest BCUT2D eigenvalue weighted by Gasteiger charge is 2.08. The summed E-state index contributed by atoms with van der Waals surface area (Å²) in [6.45, 7) is 5.87. The number of aromatic nitrogens is 2. The number of benzene rings is 1. The SMILES string of the molecule is Cc1cc(C)cc(-n2nc(CC#N)c(=O)cc2C)c1. The zero-order chi connectivity index (χ0) is 14.0. The summed E-state index contributed by atoms with van der Waals surface area (Å²) in [6.07, 6.45) is 0.0317. The van der Waals surface area contributed by atoms with Gasteiger partial charge in [0.2, 0.25) is 5.43 Å². The minimum Gasteiger partial charge on any atom is -0.288 e. The molecule has 0 saturated carbocycles. The third-order valence-electron chi connectivity index (χ3n) is 2.88. The summed E-state index contributed by atoms with van der Waals surface area (Å²) < 4.78 is 1.72. The minimum absolute atomic E-state index is 0.0317. The molecule has 0 bridgehead atoms. The van der Waals surface area contributed by atoms with E-state index in [1.54, 1.807) is 4.68 Å². The first kappa shape index (κ1) is 13.0. The van der Waals surface area contributed by atoms with Gasteiger partial charge in [-0.1, -0.05) is 6.07 Å². The van der Waals surface area contributed by atoms with Gasteiger partial charge in [0, 0.05) is 11.8 Å². The molecular formula is C15H15N3O. The van der Waals surface area contributed by atoms with E-state index in [-0.39, 0.29) is 17.5 Å². The first-order valence-corrected chi connectivity index (χ1v) is 6.07. The Morgan fingerprint density at radius 2 is 1.79 bits per heavy atom. The number of nitriles is 1. The molecule has 0 N–H and O–H groups in total. The standard InChI is InChI=1S/C15H15N3O/c1-10-6-11(2)8-13(7-10)18-12(3)9-15(19)14(17-18)4-5-16/h6-9H,4H2,1-3H3. The van der Waals surface area contributed by atoms with Crippen molar-refractivity contribution in [3.8, 4) is 11.8 Å². The van der Waals surface area contributed by atoms with Gasteiger partial charge in [-0.15, -0.1) is 0 Å². The fourth-order valence-corrected chi connectivity index (χ4v) is 2.11. The van der Waals surface area contributed by atoms with Gasteiger partial charge < -0.3 is 0 Å². The molecule has 19 heavy (non-hydrogen) atoms. The van der Waals surface area contributed by atoms with Crippen LogP contribution in [0.25, 0.3) is 5.69 Å². The van der Waals surface area contributed by atoms with Crippen molar-refractivity contribution in [1.82, 2.24) is 9.78 Å². The molecule has 1 aromatic heterocycles. The summed E-state index contributed by atoms with van der Waals surface area (Å²) >= 11 is 0. The van der Waals surface area contributed by atoms with E-state index in [9.17, 15) is 4.79 Å². The Labute approximate surface area is 111 Å². The van der Waals surface area contributed by atoms with Crippen molar-refractivity contribution in [3.63, 3.8) is 0 Å². The fourth-order valence-electron chi connectivity index (χ4n) is 2.11. The molecule has 2 rings (SSSR count). The number of rotatable bonds is 2. The van der Waals surface area contributed by atoms with Gasteiger partial charge in [-0.3, -0.25) is 4.79 Å². The summed E-state index contributed by atoms with van der Waals surface area (Å²) in [5, 5.41) is 13.0. The molecule has 4 heteroatoms. The van der Waals surface area contributed by atoms with Crippen LogP contribution in [-0.4, -0.2) is 9.78 Å². The lowest BCUT2D eigenvalue weighted by molar-refractivity contribution is 0.766. The van der Waals surface area contributed by atoms with Crippen LogP contribution in [0.4, 0.5) is 0 Å². The topological polar surface area (TPSA) is 58.7 Å². The maximum absolute atomic E-state index is 11.7. The van der Waals surface area contributed by atoms with Crippen molar-refractivity contribution in [2.45, 2.75) is 27.2 Å². The van der Waals surface area contributed by atoms with E-state index < -0.39 is 0 Å². The number of hydrogen-bond acceptors (Lipinski definition) is 3. The smallest absolute Gasteiger partial charge is 0.204 e. The molecule has 0 unspecified atom stereocenters. The molecule has 0 radical (unpaired) electrons. The molecule has 1 heterocycles. The van der Waals surface area contributed by atoms with Crippen molar-refractivity contribution in [3.05, 3.63) is 57.0 Å². The summed E-state index contributed by atoms with van der Waals surface area (Å²) in [7, 11) is 0. The summed E-state index contributed by atoms with van der Waals surface area (Å²) in [4.78, 5) is 11.7. The molecule has 0 fully saturated rings. The van der Waals surface area contributed by atoms with Crippen LogP contribution >= 0.6 is 0 Å². The highest BCUT2D eigenvalue weighted by atomic mass is 16.1. The first-order chi connectivity index (χ1) is 9.01. The van der Waals surface area contributed by atoms with Crippen molar-refractivity contribution in [1.29, 1.82) is 5.26 Å². The first-order valence-electron chi connectivity index (χ1n) is 6.07. The number of nitrogens with zero attached hydrogens (tertiary/aromatic N) is 3. The van der Waals surface area contributed by atoms with E-state index >= 15 is 0 Å². The Kier molecular flexibility index (Phi) is 3.48. The van der Waals surface area contributed by atoms with Gasteiger partial charge >= 0.3 is 0 Å². The van der Waals surface area contributed by atoms with Gasteiger partial charge in [-0.2, -0.15) is 10.4 Å². The molecule has 0 amide bonds. The van der Waals surface area contributed by atoms with Crippen LogP contribution in [0.1, 0.15) is 22.5 Å². The van der Waals surface area contributed by atoms with Crippen LogP contribution in [-0.2, 0) is 6.42 Å². The molecule has 2 aromatic rings. The molecule has 96 valence electrons. The highest BCUT2D eigenvalue weighted by molar-refractivity contribution is 5.40. The van der Waals surface area contributed by atoms with Crippen molar-refractivity contribution < 1.29 is 0 Å². The molecule has 0 aliphatic carbocycles. The lowest BCUT2D eigenvalue weighted by Gasteiger charge is -2.12. The van der Waals surface area contributed by atoms with Crippen LogP contribution in [0, 0.1) is 32.1 Å². The molecule has 0 saturated heterocycles. The Bertz CT molecular complexity index is 703. The van der Waals surface area contributed by atoms with Crippen molar-refractivity contribution in [2.75, 3.05) is 0 Å². The Morgan fingerprint density at radius 1 is 1.16 bits per heavy atom. The fraction of sp³-hybridized carbons (Fsp3) is 0.267. The van der Waals surface area contributed by atoms with Gasteiger partial charge in [-0.05, 0) is 44.0 Å². The molecule has 4 nitrogen and oxygen atoms in total. The summed E-state index contributed by atoms with van der Waals surface area (Å²) in [5.74, 6) is 0. The molecule has 0 aliphatic heterocycles. The third-order valence-corrected chi connectivity index (χ3v) is 2.88. The lowest BCUT2D eigenvalue weighted by Crippen LogP contribution is -2.18. The largest absolute Gasteiger partial charge is 0.288 e. The molecule has 0 atom stereocenters. The van der Waals surface area contributed by atoms with E-state index in [4.69, 9.17) is 5.26 Å². The van der Waals surface area contributed by atoms with E-state index in [0.29, 0.717) is 0 Å². The maximum Gasteiger partial charge on any atom is 0.204 e. The molecule has 1 aromatic carbocycles. The predicted molar refractivity (Wildman–Crippen MR) is 73.4 cm³/mol. The molecule has 0 aliphatic rings. The lowest BCUT2D eigenvalue weighted by atomic mass is 10.1. The number of aryl methyl sites for hydroxylation is 3. The quantitative estimate of drug-likeness (QED) is 0.824. The Morgan fingerprint density at radius 3 is 2.37 bits per heavy atom. The number of hydrogen-bond donors (Lipinski definition) is 0. The summed E-state index contributed by atoms with van der Waals surface area (Å²) in [6, 6.07) is 9.59. The van der Waals surface area contributed by atoms with Gasteiger partial charge in [0.15, 0.2) is 0 Å². The van der Waals surface area contributed by atoms with Crippen LogP contribution < -0.4 is 5.43 Å². The van der Waals surface area contributed by atoms with Gasteiger partial charge in [0.05, 0.1) is 18.2 Å². The van der Waals surface area contributed by atoms with E-state index in [1.807, 2.05) is 39.0 Å². The van der Waals surface area contributed by atoms with Gasteiger partial charge in [-0.25, -0.2) is 4.68 Å². The van der Waals surface area contributed by atoms with Crippen LogP contribution in [0.3, 0.4) is 0 Å². The van der Waals surface area contributed by atoms with E-state index in [2.05, 4.69) is 11.2 Å². The predicted octanol–water partition coefficient (Wildman–Crippen LogP) is 2.22. The van der Waals surface area contributed by atoms with Crippen molar-refractivity contribution >= 4 is 0 Å². The zero-order valence-electron chi connectivity index (χ0n) is 11.3. The van der Waals surface area contributed by atoms with Crippen LogP contribution in [0.2, 0.25) is 0 Å². The van der Waals surface area contributed by atoms with Gasteiger partial charge in [0.1, 0.15) is 5.69 Å². The van der Waals surface area contributed by atoms with Crippen LogP contribution in [0.15, 0.2) is 29.1 Å². The third kappa shape index (κ3) is 2.71. The average molecular weight is 253 g/mol. The Balaban J connectivity index is 2.65. The summed E-state index contributed by atoms with van der Waals surface area (Å²) in [5.41, 5.74) is 4.05. The second-order valence-corrected chi connectivity index (χ2v) is 4.69. The molecule has 0 spiro atoms. The maximum atomic E-state index is 11.7. The van der Waals surface area contributed by atoms with Crippen molar-refractivity contribution in [2.24, 2.45) is 0 Å². The molecular weight excluding hydrogens is 238 g/mol. The Hall–Kier alpha value is -2.41. The zero-order valence-corrected chi connectivity index (χ0v) is 11.3. The van der Waals surface area contributed by atoms with E-state index in [1.165, 1.54) is 6.07 Å². The monoisotopic (exact) mass is 253 g/mol. The normalized spacial score (nSPS) is 10.2. The van der Waals surface area contributed by atoms with Gasteiger partial charge in [0.25, 0.3) is 0 Å². The van der Waals surface area contributed by atoms with E-state index in [0.717, 1.165) is 22.5 Å². The second-order valence-electron chi connectivity index (χ2n) is 4.69. The second kappa shape index (κ2) is 5.07. The average Bonchev–Trinajstić information content (AvgIpc) is 2.31. The minimum atomic E-state index is -0.181. The highest BCUT2D eigenvalue weighted by Crippen LogP contribution is 2.14. The van der Waals surface area contributed by atoms with Crippen LogP contribution in [0.5, 0.6) is 0 Å².